The number of hydrogen-bond acceptors (Lipinski definition) is 0. The smallest absolute Gasteiger partial charge is 0.0131 e. The molecule has 0 saturated heterocycles. The third kappa shape index (κ3) is 1.70. The van der Waals surface area contributed by atoms with Crippen LogP contribution in [-0.4, -0.2) is 0 Å². The van der Waals surface area contributed by atoms with Crippen LogP contribution in [0.1, 0.15) is 22.3 Å². The van der Waals surface area contributed by atoms with Crippen molar-refractivity contribution < 1.29 is 0 Å². The van der Waals surface area contributed by atoms with Gasteiger partial charge in [0, 0.05) is 6.42 Å². The van der Waals surface area contributed by atoms with Crippen molar-refractivity contribution in [2.45, 2.75) is 13.8 Å². The molecule has 0 fully saturated rings. The van der Waals surface area contributed by atoms with Crippen molar-refractivity contribution in [3.63, 3.8) is 0 Å². The Morgan fingerprint density at radius 1 is 0.882 bits per heavy atom. The van der Waals surface area contributed by atoms with Gasteiger partial charge in [-0.1, -0.05) is 54.1 Å². The second kappa shape index (κ2) is 3.89. The lowest BCUT2D eigenvalue weighted by Gasteiger charge is -2.11. The molecule has 0 aliphatic heterocycles. The molecular formula is C17H15. The van der Waals surface area contributed by atoms with E-state index in [1.165, 1.54) is 33.4 Å². The van der Waals surface area contributed by atoms with Crippen LogP contribution in [0, 0.1) is 20.3 Å². The molecule has 0 bridgehead atoms. The van der Waals surface area contributed by atoms with E-state index in [1.807, 2.05) is 0 Å². The molecule has 3 rings (SSSR count). The minimum Gasteiger partial charge on any atom is -0.0754 e. The highest BCUT2D eigenvalue weighted by molar-refractivity contribution is 5.82. The predicted molar refractivity (Wildman–Crippen MR) is 73.8 cm³/mol. The van der Waals surface area contributed by atoms with E-state index in [1.54, 1.807) is 0 Å². The summed E-state index contributed by atoms with van der Waals surface area (Å²) in [4.78, 5) is 0. The van der Waals surface area contributed by atoms with E-state index >= 15 is 0 Å². The maximum Gasteiger partial charge on any atom is 0.0131 e. The standard InChI is InChI=1S/C17H15/c1-12-9-10-15(13(2)11-12)17-8-4-6-14-5-3-7-16(14)17/h3-11H,1-2H3. The highest BCUT2D eigenvalue weighted by Gasteiger charge is 2.12. The van der Waals surface area contributed by atoms with Crippen molar-refractivity contribution in [3.05, 3.63) is 71.1 Å². The molecule has 0 N–H and O–H groups in total. The molecule has 0 unspecified atom stereocenters. The maximum atomic E-state index is 2.25. The molecule has 1 aliphatic carbocycles. The molecule has 0 aromatic heterocycles. The van der Waals surface area contributed by atoms with Gasteiger partial charge in [0.1, 0.15) is 0 Å². The van der Waals surface area contributed by atoms with Crippen LogP contribution in [0.4, 0.5) is 0 Å². The van der Waals surface area contributed by atoms with Gasteiger partial charge in [0.05, 0.1) is 0 Å². The van der Waals surface area contributed by atoms with E-state index in [0.717, 1.165) is 0 Å². The van der Waals surface area contributed by atoms with Gasteiger partial charge in [-0.25, -0.2) is 0 Å². The van der Waals surface area contributed by atoms with Gasteiger partial charge in [0.15, 0.2) is 0 Å². The average Bonchev–Trinajstić information content (AvgIpc) is 2.77. The SMILES string of the molecule is Cc1ccc(-c2cccc3c2C=C[CH]3)c(C)c1. The van der Waals surface area contributed by atoms with E-state index in [2.05, 4.69) is 68.8 Å². The van der Waals surface area contributed by atoms with Crippen LogP contribution >= 0.6 is 0 Å². The minimum absolute atomic E-state index is 1.32. The van der Waals surface area contributed by atoms with E-state index in [-0.39, 0.29) is 0 Å². The Bertz CT molecular complexity index is 603. The lowest BCUT2D eigenvalue weighted by molar-refractivity contribution is 1.38. The first-order valence-corrected chi connectivity index (χ1v) is 5.98. The summed E-state index contributed by atoms with van der Waals surface area (Å²) < 4.78 is 0. The number of allylic oxidation sites excluding steroid dienone is 1. The normalized spacial score (nSPS) is 12.8. The predicted octanol–water partition coefficient (Wildman–Crippen LogP) is 4.55. The van der Waals surface area contributed by atoms with Gasteiger partial charge in [-0.15, -0.1) is 0 Å². The van der Waals surface area contributed by atoms with Crippen molar-refractivity contribution >= 4 is 6.08 Å². The van der Waals surface area contributed by atoms with Crippen LogP contribution in [-0.2, 0) is 0 Å². The number of rotatable bonds is 1. The first-order chi connectivity index (χ1) is 8.25. The summed E-state index contributed by atoms with van der Waals surface area (Å²) in [6.07, 6.45) is 6.49. The van der Waals surface area contributed by atoms with Crippen molar-refractivity contribution in [3.8, 4) is 11.1 Å². The molecule has 0 atom stereocenters. The third-order valence-electron chi connectivity index (χ3n) is 3.35. The Morgan fingerprint density at radius 2 is 1.76 bits per heavy atom. The summed E-state index contributed by atoms with van der Waals surface area (Å²) in [5.74, 6) is 0. The van der Waals surface area contributed by atoms with Gasteiger partial charge in [-0.2, -0.15) is 0 Å². The fourth-order valence-corrected chi connectivity index (χ4v) is 2.51. The first kappa shape index (κ1) is 10.3. The summed E-state index contributed by atoms with van der Waals surface area (Å²) >= 11 is 0. The van der Waals surface area contributed by atoms with Gasteiger partial charge >= 0.3 is 0 Å². The highest BCUT2D eigenvalue weighted by Crippen LogP contribution is 2.33. The van der Waals surface area contributed by atoms with Gasteiger partial charge < -0.3 is 0 Å². The second-order valence-corrected chi connectivity index (χ2v) is 4.65. The van der Waals surface area contributed by atoms with Crippen LogP contribution in [0.5, 0.6) is 0 Å². The number of hydrogen-bond donors (Lipinski definition) is 0. The highest BCUT2D eigenvalue weighted by atomic mass is 14.2. The van der Waals surface area contributed by atoms with E-state index in [4.69, 9.17) is 0 Å². The minimum atomic E-state index is 1.32. The topological polar surface area (TPSA) is 0 Å². The van der Waals surface area contributed by atoms with Crippen molar-refractivity contribution in [2.24, 2.45) is 0 Å². The molecule has 0 saturated carbocycles. The molecule has 83 valence electrons. The summed E-state index contributed by atoms with van der Waals surface area (Å²) in [6.45, 7) is 4.32. The quantitative estimate of drug-likeness (QED) is 0.660. The first-order valence-electron chi connectivity index (χ1n) is 5.98. The van der Waals surface area contributed by atoms with E-state index in [0.29, 0.717) is 0 Å². The molecule has 0 heterocycles. The van der Waals surface area contributed by atoms with Crippen LogP contribution < -0.4 is 0 Å². The van der Waals surface area contributed by atoms with Crippen LogP contribution in [0.2, 0.25) is 0 Å². The van der Waals surface area contributed by atoms with E-state index < -0.39 is 0 Å². The lowest BCUT2D eigenvalue weighted by atomic mass is 9.93. The monoisotopic (exact) mass is 219 g/mol. The van der Waals surface area contributed by atoms with Crippen LogP contribution in [0.3, 0.4) is 0 Å². The average molecular weight is 219 g/mol. The number of benzene rings is 2. The molecular weight excluding hydrogens is 204 g/mol. The Kier molecular flexibility index (Phi) is 2.36. The summed E-state index contributed by atoms with van der Waals surface area (Å²) in [5, 5.41) is 0. The molecule has 17 heavy (non-hydrogen) atoms. The maximum absolute atomic E-state index is 2.25. The molecule has 2 aromatic rings. The van der Waals surface area contributed by atoms with Gasteiger partial charge in [-0.05, 0) is 41.7 Å². The van der Waals surface area contributed by atoms with Gasteiger partial charge in [-0.3, -0.25) is 0 Å². The van der Waals surface area contributed by atoms with Crippen molar-refractivity contribution in [1.82, 2.24) is 0 Å². The molecule has 0 nitrogen and oxygen atoms in total. The fraction of sp³-hybridized carbons (Fsp3) is 0.118. The Balaban J connectivity index is 2.22. The lowest BCUT2D eigenvalue weighted by Crippen LogP contribution is -1.89. The summed E-state index contributed by atoms with van der Waals surface area (Å²) in [5.41, 5.74) is 8.01. The number of fused-ring (bicyclic) bond motifs is 1. The molecule has 1 aliphatic rings. The summed E-state index contributed by atoms with van der Waals surface area (Å²) in [7, 11) is 0. The second-order valence-electron chi connectivity index (χ2n) is 4.65. The zero-order valence-electron chi connectivity index (χ0n) is 10.2. The molecule has 0 amide bonds. The Labute approximate surface area is 103 Å². The van der Waals surface area contributed by atoms with Crippen molar-refractivity contribution in [1.29, 1.82) is 0 Å². The molecule has 1 radical (unpaired) electrons. The summed E-state index contributed by atoms with van der Waals surface area (Å²) in [6, 6.07) is 13.2. The van der Waals surface area contributed by atoms with Crippen molar-refractivity contribution in [2.75, 3.05) is 0 Å². The molecule has 2 aromatic carbocycles. The largest absolute Gasteiger partial charge is 0.0754 e. The Morgan fingerprint density at radius 3 is 2.59 bits per heavy atom. The van der Waals surface area contributed by atoms with Gasteiger partial charge in [0.25, 0.3) is 0 Å². The van der Waals surface area contributed by atoms with E-state index in [9.17, 15) is 0 Å². The zero-order chi connectivity index (χ0) is 11.8. The Hall–Kier alpha value is -1.82. The zero-order valence-corrected chi connectivity index (χ0v) is 10.2. The van der Waals surface area contributed by atoms with Gasteiger partial charge in [0.2, 0.25) is 0 Å². The van der Waals surface area contributed by atoms with Crippen LogP contribution in [0.15, 0.2) is 42.5 Å². The fourth-order valence-electron chi connectivity index (χ4n) is 2.51. The van der Waals surface area contributed by atoms with Crippen LogP contribution in [0.25, 0.3) is 17.2 Å². The molecule has 0 spiro atoms. The molecule has 0 heteroatoms. The third-order valence-corrected chi connectivity index (χ3v) is 3.35. The number of aryl methyl sites for hydroxylation is 2.